The molecule has 2 rings (SSSR count). The molecule has 0 aliphatic carbocycles. The monoisotopic (exact) mass is 372 g/mol. The van der Waals surface area contributed by atoms with Crippen molar-refractivity contribution < 1.29 is 4.79 Å². The van der Waals surface area contributed by atoms with Crippen LogP contribution in [0.25, 0.3) is 5.70 Å². The van der Waals surface area contributed by atoms with Crippen molar-refractivity contribution in [1.82, 2.24) is 14.9 Å². The molecule has 2 aromatic heterocycles. The predicted octanol–water partition coefficient (Wildman–Crippen LogP) is 2.46. The van der Waals surface area contributed by atoms with Crippen molar-refractivity contribution in [2.75, 3.05) is 0 Å². The molecule has 0 unspecified atom stereocenters. The van der Waals surface area contributed by atoms with Crippen LogP contribution in [0, 0.1) is 0 Å². The van der Waals surface area contributed by atoms with E-state index in [1.54, 1.807) is 53.6 Å². The Labute approximate surface area is 157 Å². The van der Waals surface area contributed by atoms with Crippen LogP contribution in [-0.4, -0.2) is 21.4 Å². The van der Waals surface area contributed by atoms with Gasteiger partial charge < -0.3 is 21.4 Å². The molecule has 2 heterocycles. The van der Waals surface area contributed by atoms with Crippen molar-refractivity contribution in [2.45, 2.75) is 19.4 Å². The Balaban J connectivity index is 2.21. The van der Waals surface area contributed by atoms with Crippen LogP contribution in [-0.2, 0) is 5.54 Å². The second kappa shape index (κ2) is 7.88. The van der Waals surface area contributed by atoms with Gasteiger partial charge in [0.05, 0.1) is 22.0 Å². The average molecular weight is 373 g/mol. The molecular weight excluding hydrogens is 352 g/mol. The number of primary amides is 1. The molecule has 136 valence electrons. The summed E-state index contributed by atoms with van der Waals surface area (Å²) >= 11 is 6.19. The molecule has 7 nitrogen and oxygen atoms in total. The molecule has 0 aliphatic heterocycles. The summed E-state index contributed by atoms with van der Waals surface area (Å²) in [6, 6.07) is 5.12. The number of carbonyl (C=O) groups is 1. The molecule has 26 heavy (non-hydrogen) atoms. The van der Waals surface area contributed by atoms with E-state index >= 15 is 0 Å². The third-order valence-electron chi connectivity index (χ3n) is 3.59. The van der Waals surface area contributed by atoms with Crippen LogP contribution in [0.4, 0.5) is 0 Å². The highest BCUT2D eigenvalue weighted by Crippen LogP contribution is 2.28. The highest BCUT2D eigenvalue weighted by Gasteiger charge is 2.24. The van der Waals surface area contributed by atoms with E-state index < -0.39 is 11.4 Å². The predicted molar refractivity (Wildman–Crippen MR) is 104 cm³/mol. The number of rotatable bonds is 6. The SMILES string of the molecule is C=C/C(=C\NC(N)=NC(C)(C)c1ncccc1Cl)n1ccc(C(N)=O)c1. The van der Waals surface area contributed by atoms with E-state index in [1.165, 1.54) is 0 Å². The van der Waals surface area contributed by atoms with Gasteiger partial charge in [0.2, 0.25) is 5.91 Å². The largest absolute Gasteiger partial charge is 0.370 e. The van der Waals surface area contributed by atoms with Crippen LogP contribution < -0.4 is 16.8 Å². The van der Waals surface area contributed by atoms with E-state index in [4.69, 9.17) is 23.1 Å². The maximum atomic E-state index is 11.2. The number of allylic oxidation sites excluding steroid dienone is 2. The van der Waals surface area contributed by atoms with Gasteiger partial charge in [-0.1, -0.05) is 18.2 Å². The summed E-state index contributed by atoms with van der Waals surface area (Å²) in [6.07, 6.45) is 8.17. The lowest BCUT2D eigenvalue weighted by molar-refractivity contribution is 0.100. The second-order valence-electron chi connectivity index (χ2n) is 5.98. The maximum absolute atomic E-state index is 11.2. The molecular formula is C18H21ClN6O. The van der Waals surface area contributed by atoms with Crippen LogP contribution in [0.5, 0.6) is 0 Å². The van der Waals surface area contributed by atoms with E-state index in [-0.39, 0.29) is 5.96 Å². The van der Waals surface area contributed by atoms with Crippen LogP contribution in [0.1, 0.15) is 29.9 Å². The van der Waals surface area contributed by atoms with Crippen LogP contribution >= 0.6 is 11.6 Å². The third-order valence-corrected chi connectivity index (χ3v) is 3.90. The van der Waals surface area contributed by atoms with Crippen LogP contribution in [0.2, 0.25) is 5.02 Å². The zero-order chi connectivity index (χ0) is 19.3. The molecule has 0 spiro atoms. The number of halogens is 1. The van der Waals surface area contributed by atoms with Crippen molar-refractivity contribution in [3.05, 3.63) is 71.9 Å². The molecule has 0 radical (unpaired) electrons. The molecule has 0 fully saturated rings. The van der Waals surface area contributed by atoms with Crippen molar-refractivity contribution >= 4 is 29.2 Å². The number of nitrogens with zero attached hydrogens (tertiary/aromatic N) is 3. The van der Waals surface area contributed by atoms with Gasteiger partial charge in [-0.2, -0.15) is 0 Å². The Bertz CT molecular complexity index is 881. The smallest absolute Gasteiger partial charge is 0.250 e. The number of hydrogen-bond donors (Lipinski definition) is 3. The molecule has 0 saturated heterocycles. The van der Waals surface area contributed by atoms with Crippen LogP contribution in [0.3, 0.4) is 0 Å². The first-order valence-electron chi connectivity index (χ1n) is 7.78. The van der Waals surface area contributed by atoms with Crippen LogP contribution in [0.15, 0.2) is 60.6 Å². The summed E-state index contributed by atoms with van der Waals surface area (Å²) in [6.45, 7) is 7.47. The fraction of sp³-hybridized carbons (Fsp3) is 0.167. The number of guanidine groups is 1. The molecule has 2 aromatic rings. The molecule has 8 heteroatoms. The quantitative estimate of drug-likeness (QED) is 0.410. The third kappa shape index (κ3) is 4.52. The summed E-state index contributed by atoms with van der Waals surface area (Å²) in [7, 11) is 0. The number of carbonyl (C=O) groups excluding carboxylic acids is 1. The van der Waals surface area contributed by atoms with Gasteiger partial charge in [-0.3, -0.25) is 9.78 Å². The normalized spacial score (nSPS) is 12.7. The molecule has 1 amide bonds. The van der Waals surface area contributed by atoms with Crippen molar-refractivity contribution in [3.63, 3.8) is 0 Å². The van der Waals surface area contributed by atoms with Gasteiger partial charge >= 0.3 is 0 Å². The fourth-order valence-corrected chi connectivity index (χ4v) is 2.66. The lowest BCUT2D eigenvalue weighted by Crippen LogP contribution is -2.32. The van der Waals surface area contributed by atoms with E-state index in [1.807, 2.05) is 13.8 Å². The summed E-state index contributed by atoms with van der Waals surface area (Å²) in [5.74, 6) is -0.325. The number of nitrogens with two attached hydrogens (primary N) is 2. The summed E-state index contributed by atoms with van der Waals surface area (Å²) < 4.78 is 1.69. The van der Waals surface area contributed by atoms with Crippen molar-refractivity contribution in [3.8, 4) is 0 Å². The first-order valence-corrected chi connectivity index (χ1v) is 8.16. The maximum Gasteiger partial charge on any atom is 0.250 e. The lowest BCUT2D eigenvalue weighted by atomic mass is 10.0. The van der Waals surface area contributed by atoms with Crippen molar-refractivity contribution in [1.29, 1.82) is 0 Å². The van der Waals surface area contributed by atoms with Gasteiger partial charge in [-0.15, -0.1) is 0 Å². The van der Waals surface area contributed by atoms with E-state index in [9.17, 15) is 4.79 Å². The van der Waals surface area contributed by atoms with Crippen molar-refractivity contribution in [2.24, 2.45) is 16.5 Å². The highest BCUT2D eigenvalue weighted by molar-refractivity contribution is 6.31. The number of aliphatic imine (C=N–C) groups is 1. The van der Waals surface area contributed by atoms with Gasteiger partial charge in [0.25, 0.3) is 0 Å². The summed E-state index contributed by atoms with van der Waals surface area (Å²) in [5.41, 5.74) is 12.2. The number of nitrogens with one attached hydrogen (secondary N) is 1. The Hall–Kier alpha value is -3.06. The number of amides is 1. The average Bonchev–Trinajstić information content (AvgIpc) is 3.05. The number of pyridine rings is 1. The summed E-state index contributed by atoms with van der Waals surface area (Å²) in [5, 5.41) is 3.42. The van der Waals surface area contributed by atoms with E-state index in [0.29, 0.717) is 22.0 Å². The Morgan fingerprint density at radius 3 is 2.73 bits per heavy atom. The molecule has 0 aromatic carbocycles. The first-order chi connectivity index (χ1) is 12.2. The fourth-order valence-electron chi connectivity index (χ4n) is 2.31. The second-order valence-corrected chi connectivity index (χ2v) is 6.39. The molecule has 0 bridgehead atoms. The number of hydrogen-bond acceptors (Lipinski definition) is 3. The minimum absolute atomic E-state index is 0.179. The lowest BCUT2D eigenvalue weighted by Gasteiger charge is -2.21. The highest BCUT2D eigenvalue weighted by atomic mass is 35.5. The van der Waals surface area contributed by atoms with Gasteiger partial charge in [0.15, 0.2) is 5.96 Å². The summed E-state index contributed by atoms with van der Waals surface area (Å²) in [4.78, 5) is 19.9. The Morgan fingerprint density at radius 2 is 2.15 bits per heavy atom. The minimum Gasteiger partial charge on any atom is -0.370 e. The molecule has 0 saturated carbocycles. The topological polar surface area (TPSA) is 111 Å². The Morgan fingerprint density at radius 1 is 1.42 bits per heavy atom. The molecule has 0 aliphatic rings. The standard InChI is InChI=1S/C18H21ClN6O/c1-4-13(25-9-7-12(11-25)16(20)26)10-23-17(21)24-18(2,3)15-14(19)6-5-8-22-15/h4-11H,1H2,2-3H3,(H2,20,26)(H3,21,23,24)/b13-10+. The van der Waals surface area contributed by atoms with Gasteiger partial charge in [0, 0.05) is 24.8 Å². The van der Waals surface area contributed by atoms with E-state index in [2.05, 4.69) is 21.9 Å². The van der Waals surface area contributed by atoms with Gasteiger partial charge in [-0.25, -0.2) is 4.99 Å². The molecule has 0 atom stereocenters. The molecule has 5 N–H and O–H groups in total. The van der Waals surface area contributed by atoms with Gasteiger partial charge in [-0.05, 0) is 38.1 Å². The van der Waals surface area contributed by atoms with E-state index in [0.717, 1.165) is 0 Å². The zero-order valence-corrected chi connectivity index (χ0v) is 15.4. The minimum atomic E-state index is -0.718. The Kier molecular flexibility index (Phi) is 5.84. The zero-order valence-electron chi connectivity index (χ0n) is 14.6. The first kappa shape index (κ1) is 19.3. The number of aromatic nitrogens is 2. The van der Waals surface area contributed by atoms with Gasteiger partial charge in [0.1, 0.15) is 5.54 Å².